The Kier molecular flexibility index (Phi) is 3.34. The lowest BCUT2D eigenvalue weighted by Crippen LogP contribution is -2.68. The predicted octanol–water partition coefficient (Wildman–Crippen LogP) is -1.18. The van der Waals surface area contributed by atoms with Crippen LogP contribution in [0, 0.1) is 16.7 Å². The highest BCUT2D eigenvalue weighted by atomic mass is 32.2. The fourth-order valence-electron chi connectivity index (χ4n) is 7.15. The van der Waals surface area contributed by atoms with Crippen LogP contribution in [0.4, 0.5) is 0 Å². The van der Waals surface area contributed by atoms with Crippen LogP contribution in [0.15, 0.2) is 11.6 Å². The number of esters is 2. The molecule has 10 heteroatoms. The summed E-state index contributed by atoms with van der Waals surface area (Å²) in [6.07, 6.45) is -1.54. The van der Waals surface area contributed by atoms with Crippen molar-refractivity contribution in [3.8, 4) is 0 Å². The summed E-state index contributed by atoms with van der Waals surface area (Å²) in [5, 5.41) is 22.0. The van der Waals surface area contributed by atoms with Gasteiger partial charge >= 0.3 is 11.9 Å². The lowest BCUT2D eigenvalue weighted by atomic mass is 9.46. The van der Waals surface area contributed by atoms with E-state index in [0.717, 1.165) is 0 Å². The molecule has 6 rings (SSSR count). The maximum absolute atomic E-state index is 12.9. The fraction of sp³-hybridized carbons (Fsp3) is 0.800. The lowest BCUT2D eigenvalue weighted by Gasteiger charge is -2.54. The summed E-state index contributed by atoms with van der Waals surface area (Å²) in [5.41, 5.74) is -4.23. The molecule has 3 saturated heterocycles. The number of cyclic esters (lactones) is 1. The van der Waals surface area contributed by atoms with Gasteiger partial charge in [-0.25, -0.2) is 4.79 Å². The van der Waals surface area contributed by atoms with Crippen molar-refractivity contribution in [2.75, 3.05) is 12.0 Å². The quantitative estimate of drug-likeness (QED) is 0.410. The van der Waals surface area contributed by atoms with Gasteiger partial charge < -0.3 is 29.2 Å². The van der Waals surface area contributed by atoms with Crippen LogP contribution in [0.2, 0.25) is 0 Å². The minimum atomic E-state index is -1.63. The molecule has 2 aliphatic carbocycles. The second-order valence-electron chi connectivity index (χ2n) is 10.2. The van der Waals surface area contributed by atoms with Gasteiger partial charge in [-0.15, -0.1) is 0 Å². The summed E-state index contributed by atoms with van der Waals surface area (Å²) in [7, 11) is -1.36. The molecule has 0 aromatic carbocycles. The molecular formula is C20H24O9S. The molecule has 1 spiro atoms. The van der Waals surface area contributed by atoms with Crippen LogP contribution in [-0.4, -0.2) is 86.2 Å². The number of carbonyl (C=O) groups is 2. The standard InChI is InChI=1S/C20H24O9S/c1-17(24,6-30(4)25)15-20-7(5-8(21)26-15)18(2)11-9(14(20)29-20)28-16(23)19(11,3)12(22)10-13(18)27-10/h5,9-15,22,24H,6H2,1-4H3/t9-,10+,11+,12-,13+,14+,15+,17-,18+,19+,20-,30-/m0/s1. The summed E-state index contributed by atoms with van der Waals surface area (Å²) >= 11 is 0. The number of epoxide rings is 2. The topological polar surface area (TPSA) is 135 Å². The van der Waals surface area contributed by atoms with E-state index in [1.54, 1.807) is 6.92 Å². The van der Waals surface area contributed by atoms with Gasteiger partial charge in [-0.05, 0) is 19.4 Å². The number of hydrogen-bond donors (Lipinski definition) is 2. The van der Waals surface area contributed by atoms with Gasteiger partial charge in [0.15, 0.2) is 11.7 Å². The van der Waals surface area contributed by atoms with Gasteiger partial charge in [0.05, 0.1) is 18.0 Å². The Hall–Kier alpha value is -1.33. The highest BCUT2D eigenvalue weighted by molar-refractivity contribution is 7.84. The Morgan fingerprint density at radius 3 is 2.53 bits per heavy atom. The maximum Gasteiger partial charge on any atom is 0.331 e. The second-order valence-corrected chi connectivity index (χ2v) is 11.6. The van der Waals surface area contributed by atoms with Gasteiger partial charge in [0, 0.05) is 34.5 Å². The molecule has 0 unspecified atom stereocenters. The van der Waals surface area contributed by atoms with Crippen molar-refractivity contribution in [1.29, 1.82) is 0 Å². The second kappa shape index (κ2) is 5.17. The maximum atomic E-state index is 12.9. The molecule has 164 valence electrons. The molecule has 0 aromatic rings. The van der Waals surface area contributed by atoms with E-state index in [1.165, 1.54) is 19.3 Å². The molecular weight excluding hydrogens is 416 g/mol. The van der Waals surface area contributed by atoms with Crippen LogP contribution in [0.1, 0.15) is 20.8 Å². The van der Waals surface area contributed by atoms with Gasteiger partial charge in [-0.2, -0.15) is 0 Å². The average molecular weight is 440 g/mol. The van der Waals surface area contributed by atoms with Crippen LogP contribution in [0.25, 0.3) is 0 Å². The predicted molar refractivity (Wildman–Crippen MR) is 99.4 cm³/mol. The minimum Gasteiger partial charge on any atom is -0.459 e. The Morgan fingerprint density at radius 1 is 1.17 bits per heavy atom. The molecule has 0 aromatic heterocycles. The Balaban J connectivity index is 1.54. The van der Waals surface area contributed by atoms with E-state index in [2.05, 4.69) is 0 Å². The highest BCUT2D eigenvalue weighted by Crippen LogP contribution is 2.75. The van der Waals surface area contributed by atoms with Crippen molar-refractivity contribution in [2.24, 2.45) is 16.7 Å². The summed E-state index contributed by atoms with van der Waals surface area (Å²) < 4.78 is 35.2. The Bertz CT molecular complexity index is 960. The summed E-state index contributed by atoms with van der Waals surface area (Å²) in [4.78, 5) is 25.6. The van der Waals surface area contributed by atoms with Gasteiger partial charge in [-0.3, -0.25) is 9.00 Å². The summed E-state index contributed by atoms with van der Waals surface area (Å²) in [5.74, 6) is -1.72. The van der Waals surface area contributed by atoms with E-state index in [1.807, 2.05) is 6.92 Å². The molecule has 0 bridgehead atoms. The largest absolute Gasteiger partial charge is 0.459 e. The number of hydrogen-bond acceptors (Lipinski definition) is 9. The van der Waals surface area contributed by atoms with E-state index < -0.39 is 87.3 Å². The molecule has 30 heavy (non-hydrogen) atoms. The molecule has 0 amide bonds. The summed E-state index contributed by atoms with van der Waals surface area (Å²) in [6.45, 7) is 5.07. The molecule has 6 aliphatic rings. The SMILES string of the molecule is C[S@](=O)C[C@](C)(O)[C@H]1OC(=O)C=C2[C@]3(C)[C@H]4[C@H](OC(=O)[C@@]4(C)[C@@H](O)[C@H]4O[C@H]43)[C@H]3O[C@@]231. The van der Waals surface area contributed by atoms with E-state index in [-0.39, 0.29) is 5.75 Å². The number of ether oxygens (including phenoxy) is 4. The molecule has 5 fully saturated rings. The lowest BCUT2D eigenvalue weighted by molar-refractivity contribution is -0.169. The first-order valence-electron chi connectivity index (χ1n) is 10.1. The van der Waals surface area contributed by atoms with Crippen molar-refractivity contribution in [2.45, 2.75) is 68.6 Å². The van der Waals surface area contributed by atoms with Crippen LogP contribution in [0.5, 0.6) is 0 Å². The minimum absolute atomic E-state index is 0.111. The fourth-order valence-corrected chi connectivity index (χ4v) is 8.13. The molecule has 4 heterocycles. The van der Waals surface area contributed by atoms with E-state index >= 15 is 0 Å². The van der Waals surface area contributed by atoms with E-state index in [9.17, 15) is 24.0 Å². The molecule has 12 atom stereocenters. The normalized spacial score (nSPS) is 57.4. The Morgan fingerprint density at radius 2 is 1.87 bits per heavy atom. The number of rotatable bonds is 3. The third kappa shape index (κ3) is 1.88. The number of carbonyl (C=O) groups excluding carboxylic acids is 2. The molecule has 9 nitrogen and oxygen atoms in total. The summed E-state index contributed by atoms with van der Waals surface area (Å²) in [6, 6.07) is 0. The van der Waals surface area contributed by atoms with Gasteiger partial charge in [-0.1, -0.05) is 6.92 Å². The Labute approximate surface area is 175 Å². The van der Waals surface area contributed by atoms with E-state index in [0.29, 0.717) is 5.57 Å². The number of aliphatic hydroxyl groups is 2. The smallest absolute Gasteiger partial charge is 0.331 e. The zero-order valence-electron chi connectivity index (χ0n) is 17.0. The monoisotopic (exact) mass is 440 g/mol. The van der Waals surface area contributed by atoms with Gasteiger partial charge in [0.2, 0.25) is 0 Å². The van der Waals surface area contributed by atoms with Gasteiger partial charge in [0.1, 0.15) is 29.3 Å². The first-order valence-corrected chi connectivity index (χ1v) is 11.8. The zero-order valence-corrected chi connectivity index (χ0v) is 17.8. The van der Waals surface area contributed by atoms with Crippen molar-refractivity contribution in [3.63, 3.8) is 0 Å². The van der Waals surface area contributed by atoms with Crippen LogP contribution in [-0.2, 0) is 39.3 Å². The first kappa shape index (κ1) is 19.4. The molecule has 2 N–H and O–H groups in total. The van der Waals surface area contributed by atoms with Gasteiger partial charge in [0.25, 0.3) is 0 Å². The molecule has 4 aliphatic heterocycles. The average Bonchev–Trinajstić information content (AvgIpc) is 3.52. The van der Waals surface area contributed by atoms with Crippen LogP contribution in [0.3, 0.4) is 0 Å². The van der Waals surface area contributed by atoms with Crippen molar-refractivity contribution >= 4 is 22.7 Å². The van der Waals surface area contributed by atoms with Crippen LogP contribution < -0.4 is 0 Å². The zero-order chi connectivity index (χ0) is 21.6. The van der Waals surface area contributed by atoms with Crippen molar-refractivity contribution in [3.05, 3.63) is 11.6 Å². The molecule has 0 radical (unpaired) electrons. The third-order valence-corrected chi connectivity index (χ3v) is 9.27. The van der Waals surface area contributed by atoms with Crippen molar-refractivity contribution < 1.29 is 43.0 Å². The molecule has 2 saturated carbocycles. The number of aliphatic hydroxyl groups excluding tert-OH is 1. The van der Waals surface area contributed by atoms with Crippen LogP contribution >= 0.6 is 0 Å². The number of fused-ring (bicyclic) bond motifs is 4. The highest BCUT2D eigenvalue weighted by Gasteiger charge is 2.89. The van der Waals surface area contributed by atoms with E-state index in [4.69, 9.17) is 18.9 Å². The van der Waals surface area contributed by atoms with Crippen molar-refractivity contribution in [1.82, 2.24) is 0 Å². The third-order valence-electron chi connectivity index (χ3n) is 8.28. The first-order chi connectivity index (χ1) is 13.9.